The molecule has 0 amide bonds. The van der Waals surface area contributed by atoms with Crippen molar-refractivity contribution >= 4 is 20.2 Å². The van der Waals surface area contributed by atoms with Crippen LogP contribution in [0, 0.1) is 13.8 Å². The summed E-state index contributed by atoms with van der Waals surface area (Å²) in [5, 5.41) is 10.5. The van der Waals surface area contributed by atoms with Crippen molar-refractivity contribution in [3.8, 4) is 0 Å². The number of hydrogen-bond donors (Lipinski definition) is 1. The van der Waals surface area contributed by atoms with Crippen molar-refractivity contribution in [3.05, 3.63) is 59.7 Å². The summed E-state index contributed by atoms with van der Waals surface area (Å²) in [5.74, 6) is -1.05. The van der Waals surface area contributed by atoms with Crippen LogP contribution in [0.15, 0.2) is 58.3 Å². The van der Waals surface area contributed by atoms with Crippen molar-refractivity contribution in [2.45, 2.75) is 61.4 Å². The van der Waals surface area contributed by atoms with Gasteiger partial charge in [-0.25, -0.2) is 0 Å². The number of aliphatic hydroxyl groups is 1. The summed E-state index contributed by atoms with van der Waals surface area (Å²) in [5.41, 5.74) is 0.452. The van der Waals surface area contributed by atoms with Gasteiger partial charge in [0.25, 0.3) is 20.2 Å². The lowest BCUT2D eigenvalue weighted by Crippen LogP contribution is -2.44. The SMILES string of the molecule is Cc1ccc(S(=O)(=O)OC[C@@H](O)C[C@@]2(COS(=O)(=O)c3ccc(C)cc3)COC(C)(C)O2)cc1. The molecule has 188 valence electrons. The molecule has 11 heteroatoms. The first-order chi connectivity index (χ1) is 15.7. The monoisotopic (exact) mass is 514 g/mol. The molecule has 0 saturated carbocycles. The van der Waals surface area contributed by atoms with Gasteiger partial charge in [0.05, 0.1) is 35.7 Å². The van der Waals surface area contributed by atoms with Gasteiger partial charge in [-0.2, -0.15) is 16.8 Å². The van der Waals surface area contributed by atoms with Crippen molar-refractivity contribution < 1.29 is 39.8 Å². The molecular formula is C23H30O9S2. The van der Waals surface area contributed by atoms with Crippen LogP contribution < -0.4 is 0 Å². The molecule has 1 fully saturated rings. The summed E-state index contributed by atoms with van der Waals surface area (Å²) in [6, 6.07) is 12.3. The van der Waals surface area contributed by atoms with E-state index >= 15 is 0 Å². The Hall–Kier alpha value is -1.86. The van der Waals surface area contributed by atoms with Crippen LogP contribution in [0.2, 0.25) is 0 Å². The number of aryl methyl sites for hydroxylation is 2. The van der Waals surface area contributed by atoms with Gasteiger partial charge in [0.2, 0.25) is 0 Å². The highest BCUT2D eigenvalue weighted by molar-refractivity contribution is 7.87. The number of aliphatic hydroxyl groups excluding tert-OH is 1. The molecule has 0 radical (unpaired) electrons. The van der Waals surface area contributed by atoms with Crippen molar-refractivity contribution in [1.29, 1.82) is 0 Å². The van der Waals surface area contributed by atoms with Crippen molar-refractivity contribution in [1.82, 2.24) is 0 Å². The van der Waals surface area contributed by atoms with E-state index in [-0.39, 0.29) is 22.8 Å². The van der Waals surface area contributed by atoms with E-state index in [0.29, 0.717) is 0 Å². The van der Waals surface area contributed by atoms with Crippen LogP contribution in [0.5, 0.6) is 0 Å². The standard InChI is InChI=1S/C23H30O9S2/c1-17-5-9-20(10-6-17)33(25,26)30-14-19(24)13-23(15-29-22(3,4)32-23)16-31-34(27,28)21-11-7-18(2)8-12-21/h5-12,19,24H,13-16H2,1-4H3/t19-,23-/m0/s1. The fourth-order valence-electron chi connectivity index (χ4n) is 3.50. The lowest BCUT2D eigenvalue weighted by atomic mass is 9.98. The zero-order valence-electron chi connectivity index (χ0n) is 19.6. The van der Waals surface area contributed by atoms with Gasteiger partial charge < -0.3 is 14.6 Å². The van der Waals surface area contributed by atoms with Crippen molar-refractivity contribution in [3.63, 3.8) is 0 Å². The lowest BCUT2D eigenvalue weighted by Gasteiger charge is -2.30. The predicted molar refractivity (Wildman–Crippen MR) is 123 cm³/mol. The summed E-state index contributed by atoms with van der Waals surface area (Å²) in [6.45, 7) is 5.90. The van der Waals surface area contributed by atoms with E-state index < -0.39 is 50.9 Å². The van der Waals surface area contributed by atoms with Crippen LogP contribution in [0.1, 0.15) is 31.4 Å². The summed E-state index contributed by atoms with van der Waals surface area (Å²) in [4.78, 5) is -0.0476. The van der Waals surface area contributed by atoms with E-state index in [4.69, 9.17) is 17.8 Å². The Kier molecular flexibility index (Phi) is 7.88. The molecule has 1 heterocycles. The maximum absolute atomic E-state index is 12.6. The molecule has 1 saturated heterocycles. The number of hydrogen-bond acceptors (Lipinski definition) is 9. The van der Waals surface area contributed by atoms with E-state index in [2.05, 4.69) is 0 Å². The highest BCUT2D eigenvalue weighted by Gasteiger charge is 2.48. The Bertz CT molecular complexity index is 1190. The van der Waals surface area contributed by atoms with E-state index in [1.807, 2.05) is 13.8 Å². The molecule has 2 atom stereocenters. The smallest absolute Gasteiger partial charge is 0.297 e. The minimum Gasteiger partial charge on any atom is -0.391 e. The molecule has 1 aliphatic rings. The van der Waals surface area contributed by atoms with Crippen molar-refractivity contribution in [2.75, 3.05) is 19.8 Å². The second kappa shape index (κ2) is 10.0. The van der Waals surface area contributed by atoms with Gasteiger partial charge >= 0.3 is 0 Å². The molecule has 2 aromatic carbocycles. The summed E-state index contributed by atoms with van der Waals surface area (Å²) < 4.78 is 71.9. The van der Waals surface area contributed by atoms with E-state index in [1.54, 1.807) is 38.1 Å². The summed E-state index contributed by atoms with van der Waals surface area (Å²) in [6.07, 6.45) is -1.48. The van der Waals surface area contributed by atoms with Crippen LogP contribution >= 0.6 is 0 Å². The van der Waals surface area contributed by atoms with Gasteiger partial charge in [-0.3, -0.25) is 8.37 Å². The first-order valence-corrected chi connectivity index (χ1v) is 13.5. The molecule has 2 aromatic rings. The Morgan fingerprint density at radius 2 is 1.35 bits per heavy atom. The fraction of sp³-hybridized carbons (Fsp3) is 0.478. The van der Waals surface area contributed by atoms with E-state index in [0.717, 1.165) is 11.1 Å². The van der Waals surface area contributed by atoms with Crippen LogP contribution in [0.4, 0.5) is 0 Å². The Labute approximate surface area is 200 Å². The summed E-state index contributed by atoms with van der Waals surface area (Å²) >= 11 is 0. The van der Waals surface area contributed by atoms with Crippen LogP contribution in [-0.2, 0) is 38.1 Å². The quantitative estimate of drug-likeness (QED) is 0.476. The minimum atomic E-state index is -4.10. The molecule has 9 nitrogen and oxygen atoms in total. The average Bonchev–Trinajstić information content (AvgIpc) is 3.06. The van der Waals surface area contributed by atoms with Gasteiger partial charge in [0.1, 0.15) is 5.60 Å². The molecule has 0 unspecified atom stereocenters. The largest absolute Gasteiger partial charge is 0.391 e. The molecule has 34 heavy (non-hydrogen) atoms. The fourth-order valence-corrected chi connectivity index (χ4v) is 5.42. The Morgan fingerprint density at radius 1 is 0.882 bits per heavy atom. The average molecular weight is 515 g/mol. The van der Waals surface area contributed by atoms with Crippen LogP contribution in [-0.4, -0.2) is 59.3 Å². The van der Waals surface area contributed by atoms with Crippen LogP contribution in [0.25, 0.3) is 0 Å². The topological polar surface area (TPSA) is 125 Å². The van der Waals surface area contributed by atoms with Crippen LogP contribution in [0.3, 0.4) is 0 Å². The first kappa shape index (κ1) is 26.7. The number of rotatable bonds is 10. The van der Waals surface area contributed by atoms with E-state index in [1.165, 1.54) is 24.3 Å². The minimum absolute atomic E-state index is 0.0144. The van der Waals surface area contributed by atoms with Gasteiger partial charge in [-0.15, -0.1) is 0 Å². The predicted octanol–water partition coefficient (Wildman–Crippen LogP) is 2.69. The van der Waals surface area contributed by atoms with Gasteiger partial charge in [0, 0.05) is 6.42 Å². The molecule has 0 spiro atoms. The summed E-state index contributed by atoms with van der Waals surface area (Å²) in [7, 11) is -8.18. The Morgan fingerprint density at radius 3 is 1.79 bits per heavy atom. The third-order valence-corrected chi connectivity index (χ3v) is 7.84. The third-order valence-electron chi connectivity index (χ3n) is 5.26. The van der Waals surface area contributed by atoms with Crippen molar-refractivity contribution in [2.24, 2.45) is 0 Å². The first-order valence-electron chi connectivity index (χ1n) is 10.7. The molecule has 0 aliphatic carbocycles. The lowest BCUT2D eigenvalue weighted by molar-refractivity contribution is -0.174. The van der Waals surface area contributed by atoms with Gasteiger partial charge in [-0.05, 0) is 52.0 Å². The molecule has 0 bridgehead atoms. The second-order valence-corrected chi connectivity index (χ2v) is 12.1. The third kappa shape index (κ3) is 6.85. The number of benzene rings is 2. The second-order valence-electron chi connectivity index (χ2n) is 8.91. The maximum Gasteiger partial charge on any atom is 0.297 e. The zero-order chi connectivity index (χ0) is 25.2. The maximum atomic E-state index is 12.6. The van der Waals surface area contributed by atoms with Gasteiger partial charge in [-0.1, -0.05) is 35.4 Å². The molecular weight excluding hydrogens is 484 g/mol. The highest BCUT2D eigenvalue weighted by Crippen LogP contribution is 2.35. The molecule has 1 N–H and O–H groups in total. The highest BCUT2D eigenvalue weighted by atomic mass is 32.2. The molecule has 0 aromatic heterocycles. The normalized spacial score (nSPS) is 21.4. The molecule has 3 rings (SSSR count). The number of ether oxygens (including phenoxy) is 2. The zero-order valence-corrected chi connectivity index (χ0v) is 21.2. The van der Waals surface area contributed by atoms with E-state index in [9.17, 15) is 21.9 Å². The Balaban J connectivity index is 1.68. The van der Waals surface area contributed by atoms with Gasteiger partial charge in [0.15, 0.2) is 5.79 Å². The molecule has 1 aliphatic heterocycles.